The first-order valence-electron chi connectivity index (χ1n) is 8.35. The van der Waals surface area contributed by atoms with Gasteiger partial charge in [-0.1, -0.05) is 42.5 Å². The molecule has 130 valence electrons. The minimum atomic E-state index is -0.346. The van der Waals surface area contributed by atoms with E-state index in [1.807, 2.05) is 36.4 Å². The molecule has 3 rings (SSSR count). The first kappa shape index (κ1) is 17.1. The molecule has 1 fully saturated rings. The van der Waals surface area contributed by atoms with Crippen LogP contribution in [0.2, 0.25) is 0 Å². The van der Waals surface area contributed by atoms with Crippen molar-refractivity contribution in [1.29, 1.82) is 0 Å². The van der Waals surface area contributed by atoms with E-state index in [-0.39, 0.29) is 22.6 Å². The Morgan fingerprint density at radius 3 is 2.68 bits per heavy atom. The van der Waals surface area contributed by atoms with Crippen LogP contribution in [0.25, 0.3) is 0 Å². The molecule has 1 heterocycles. The van der Waals surface area contributed by atoms with E-state index in [2.05, 4.69) is 10.2 Å². The summed E-state index contributed by atoms with van der Waals surface area (Å²) in [6.45, 7) is 3.64. The van der Waals surface area contributed by atoms with Crippen molar-refractivity contribution in [1.82, 2.24) is 10.2 Å². The first-order chi connectivity index (χ1) is 12.1. The molecule has 1 aliphatic heterocycles. The molecule has 1 N–H and O–H groups in total. The van der Waals surface area contributed by atoms with Crippen molar-refractivity contribution in [3.8, 4) is 0 Å². The second-order valence-corrected chi connectivity index (χ2v) is 6.27. The lowest BCUT2D eigenvalue weighted by Crippen LogP contribution is -2.30. The van der Waals surface area contributed by atoms with Gasteiger partial charge in [0.25, 0.3) is 5.69 Å². The Morgan fingerprint density at radius 2 is 1.96 bits per heavy atom. The summed E-state index contributed by atoms with van der Waals surface area (Å²) in [5.41, 5.74) is 2.83. The maximum absolute atomic E-state index is 12.0. The van der Waals surface area contributed by atoms with Gasteiger partial charge < -0.3 is 5.32 Å². The molecule has 1 amide bonds. The molecule has 1 saturated heterocycles. The SMILES string of the molecule is Cc1c(CN2CCNC(=O)C[C@@H]2c2ccccc2)cccc1[N+](=O)[O-]. The highest BCUT2D eigenvalue weighted by Crippen LogP contribution is 2.29. The van der Waals surface area contributed by atoms with E-state index in [4.69, 9.17) is 0 Å². The summed E-state index contributed by atoms with van der Waals surface area (Å²) in [5, 5.41) is 14.1. The zero-order valence-corrected chi connectivity index (χ0v) is 14.1. The van der Waals surface area contributed by atoms with Crippen molar-refractivity contribution < 1.29 is 9.72 Å². The zero-order chi connectivity index (χ0) is 17.8. The van der Waals surface area contributed by atoms with Gasteiger partial charge in [0, 0.05) is 43.7 Å². The molecule has 1 atom stereocenters. The number of nitro groups is 1. The van der Waals surface area contributed by atoms with Crippen LogP contribution in [-0.4, -0.2) is 28.8 Å². The predicted molar refractivity (Wildman–Crippen MR) is 95.1 cm³/mol. The third-order valence-electron chi connectivity index (χ3n) is 4.71. The highest BCUT2D eigenvalue weighted by Gasteiger charge is 2.27. The number of nitrogens with one attached hydrogen (secondary N) is 1. The lowest BCUT2D eigenvalue weighted by molar-refractivity contribution is -0.385. The average molecular weight is 339 g/mol. The minimum Gasteiger partial charge on any atom is -0.355 e. The second-order valence-electron chi connectivity index (χ2n) is 6.27. The van der Waals surface area contributed by atoms with Gasteiger partial charge in [-0.25, -0.2) is 0 Å². The average Bonchev–Trinajstić information content (AvgIpc) is 2.79. The van der Waals surface area contributed by atoms with E-state index in [0.29, 0.717) is 31.6 Å². The van der Waals surface area contributed by atoms with E-state index in [0.717, 1.165) is 11.1 Å². The predicted octanol–water partition coefficient (Wildman–Crippen LogP) is 2.97. The molecule has 0 unspecified atom stereocenters. The fourth-order valence-electron chi connectivity index (χ4n) is 3.32. The summed E-state index contributed by atoms with van der Waals surface area (Å²) >= 11 is 0. The van der Waals surface area contributed by atoms with E-state index < -0.39 is 0 Å². The van der Waals surface area contributed by atoms with Crippen molar-refractivity contribution in [2.45, 2.75) is 25.9 Å². The second kappa shape index (κ2) is 7.44. The number of rotatable bonds is 4. The third kappa shape index (κ3) is 3.85. The van der Waals surface area contributed by atoms with E-state index in [9.17, 15) is 14.9 Å². The van der Waals surface area contributed by atoms with E-state index >= 15 is 0 Å². The fourth-order valence-corrected chi connectivity index (χ4v) is 3.32. The van der Waals surface area contributed by atoms with Gasteiger partial charge >= 0.3 is 0 Å². The number of nitro benzene ring substituents is 1. The molecule has 0 bridgehead atoms. The number of carbonyl (C=O) groups is 1. The third-order valence-corrected chi connectivity index (χ3v) is 4.71. The Balaban J connectivity index is 1.92. The molecular weight excluding hydrogens is 318 g/mol. The number of hydrogen-bond donors (Lipinski definition) is 1. The van der Waals surface area contributed by atoms with Crippen molar-refractivity contribution >= 4 is 11.6 Å². The molecule has 6 nitrogen and oxygen atoms in total. The van der Waals surface area contributed by atoms with Gasteiger partial charge in [0.2, 0.25) is 5.91 Å². The number of nitrogens with zero attached hydrogens (tertiary/aromatic N) is 2. The summed E-state index contributed by atoms with van der Waals surface area (Å²) in [7, 11) is 0. The van der Waals surface area contributed by atoms with Crippen LogP contribution in [0, 0.1) is 17.0 Å². The summed E-state index contributed by atoms with van der Waals surface area (Å²) in [6.07, 6.45) is 0.387. The summed E-state index contributed by atoms with van der Waals surface area (Å²) < 4.78 is 0. The molecule has 0 spiro atoms. The highest BCUT2D eigenvalue weighted by molar-refractivity contribution is 5.77. The molecule has 1 aliphatic rings. The molecule has 6 heteroatoms. The lowest BCUT2D eigenvalue weighted by Gasteiger charge is -2.29. The van der Waals surface area contributed by atoms with Crippen LogP contribution in [0.15, 0.2) is 48.5 Å². The van der Waals surface area contributed by atoms with Crippen LogP contribution >= 0.6 is 0 Å². The molecule has 2 aromatic rings. The molecule has 2 aromatic carbocycles. The Bertz CT molecular complexity index is 777. The van der Waals surface area contributed by atoms with Gasteiger partial charge in [0.1, 0.15) is 0 Å². The molecule has 0 aromatic heterocycles. The van der Waals surface area contributed by atoms with Crippen LogP contribution < -0.4 is 5.32 Å². The van der Waals surface area contributed by atoms with Crippen molar-refractivity contribution in [3.05, 3.63) is 75.3 Å². The van der Waals surface area contributed by atoms with Gasteiger partial charge in [0.15, 0.2) is 0 Å². The molecule has 0 aliphatic carbocycles. The molecular formula is C19H21N3O3. The Kier molecular flexibility index (Phi) is 5.09. The molecule has 0 radical (unpaired) electrons. The van der Waals surface area contributed by atoms with Gasteiger partial charge in [-0.2, -0.15) is 0 Å². The number of carbonyl (C=O) groups excluding carboxylic acids is 1. The zero-order valence-electron chi connectivity index (χ0n) is 14.1. The van der Waals surface area contributed by atoms with E-state index in [1.165, 1.54) is 6.07 Å². The highest BCUT2D eigenvalue weighted by atomic mass is 16.6. The van der Waals surface area contributed by atoms with Gasteiger partial charge in [-0.3, -0.25) is 19.8 Å². The summed E-state index contributed by atoms with van der Waals surface area (Å²) in [5.74, 6) is 0.0344. The van der Waals surface area contributed by atoms with Crippen molar-refractivity contribution in [2.75, 3.05) is 13.1 Å². The van der Waals surface area contributed by atoms with Crippen molar-refractivity contribution in [3.63, 3.8) is 0 Å². The van der Waals surface area contributed by atoms with Crippen molar-refractivity contribution in [2.24, 2.45) is 0 Å². The summed E-state index contributed by atoms with van der Waals surface area (Å²) in [4.78, 5) is 25.1. The first-order valence-corrected chi connectivity index (χ1v) is 8.35. The van der Waals surface area contributed by atoms with Crippen LogP contribution in [-0.2, 0) is 11.3 Å². The Hall–Kier alpha value is -2.73. The topological polar surface area (TPSA) is 75.5 Å². The number of amides is 1. The maximum atomic E-state index is 12.0. The quantitative estimate of drug-likeness (QED) is 0.686. The number of benzene rings is 2. The monoisotopic (exact) mass is 339 g/mol. The largest absolute Gasteiger partial charge is 0.355 e. The Morgan fingerprint density at radius 1 is 1.20 bits per heavy atom. The van der Waals surface area contributed by atoms with Crippen LogP contribution in [0.1, 0.15) is 29.2 Å². The van der Waals surface area contributed by atoms with Gasteiger partial charge in [-0.05, 0) is 18.1 Å². The van der Waals surface area contributed by atoms with Crippen LogP contribution in [0.5, 0.6) is 0 Å². The minimum absolute atomic E-state index is 0.0344. The lowest BCUT2D eigenvalue weighted by atomic mass is 10.00. The number of hydrogen-bond acceptors (Lipinski definition) is 4. The standard InChI is InChI=1S/C19H21N3O3/c1-14-16(8-5-9-17(14)22(24)25)13-21-11-10-20-19(23)12-18(21)15-6-3-2-4-7-15/h2-9,18H,10-13H2,1H3,(H,20,23)/t18-/m1/s1. The van der Waals surface area contributed by atoms with Crippen LogP contribution in [0.3, 0.4) is 0 Å². The normalized spacial score (nSPS) is 18.4. The summed E-state index contributed by atoms with van der Waals surface area (Å²) in [6, 6.07) is 15.1. The Labute approximate surface area is 146 Å². The van der Waals surface area contributed by atoms with E-state index in [1.54, 1.807) is 13.0 Å². The molecule has 25 heavy (non-hydrogen) atoms. The molecule has 0 saturated carbocycles. The van der Waals surface area contributed by atoms with Gasteiger partial charge in [0.05, 0.1) is 4.92 Å². The van der Waals surface area contributed by atoms with Gasteiger partial charge in [-0.15, -0.1) is 0 Å². The smallest absolute Gasteiger partial charge is 0.272 e. The van der Waals surface area contributed by atoms with Crippen LogP contribution in [0.4, 0.5) is 5.69 Å². The maximum Gasteiger partial charge on any atom is 0.272 e. The fraction of sp³-hybridized carbons (Fsp3) is 0.316.